The molecule has 0 saturated heterocycles. The van der Waals surface area contributed by atoms with Crippen LogP contribution in [0.15, 0.2) is 12.2 Å². The third-order valence-electron chi connectivity index (χ3n) is 2.81. The van der Waals surface area contributed by atoms with Crippen LogP contribution >= 0.6 is 0 Å². The van der Waals surface area contributed by atoms with Gasteiger partial charge in [-0.3, -0.25) is 0 Å². The molecule has 0 radical (unpaired) electrons. The van der Waals surface area contributed by atoms with E-state index in [2.05, 4.69) is 58.9 Å². The summed E-state index contributed by atoms with van der Waals surface area (Å²) >= 11 is 0. The van der Waals surface area contributed by atoms with E-state index >= 15 is 0 Å². The lowest BCUT2D eigenvalue weighted by Gasteiger charge is -2.43. The van der Waals surface area contributed by atoms with Gasteiger partial charge in [0, 0.05) is 12.1 Å². The second-order valence-electron chi connectivity index (χ2n) is 9.45. The molecule has 5 nitrogen and oxygen atoms in total. The number of carbonyl (C=O) groups is 1. The van der Waals surface area contributed by atoms with E-state index in [-0.39, 0.29) is 5.97 Å². The van der Waals surface area contributed by atoms with E-state index < -0.39 is 33.8 Å². The molecule has 0 unspecified atom stereocenters. The fourth-order valence-corrected chi connectivity index (χ4v) is 17.1. The van der Waals surface area contributed by atoms with Gasteiger partial charge in [-0.15, -0.1) is 0 Å². The van der Waals surface area contributed by atoms with Crippen LogP contribution in [0.3, 0.4) is 0 Å². The van der Waals surface area contributed by atoms with Crippen molar-refractivity contribution in [3.8, 4) is 0 Å². The summed E-state index contributed by atoms with van der Waals surface area (Å²) in [4.78, 5) is 11.4. The summed E-state index contributed by atoms with van der Waals surface area (Å²) in [6.07, 6.45) is 4.79. The van der Waals surface area contributed by atoms with Crippen molar-refractivity contribution in [3.05, 3.63) is 12.2 Å². The van der Waals surface area contributed by atoms with Crippen LogP contribution in [0, 0.1) is 0 Å². The van der Waals surface area contributed by atoms with Crippen LogP contribution in [0.4, 0.5) is 0 Å². The number of rotatable bonds is 12. The van der Waals surface area contributed by atoms with Crippen LogP contribution in [-0.2, 0) is 21.9 Å². The maximum absolute atomic E-state index is 11.4. The van der Waals surface area contributed by atoms with Crippen molar-refractivity contribution in [1.82, 2.24) is 0 Å². The van der Waals surface area contributed by atoms with E-state index in [9.17, 15) is 4.79 Å². The molecule has 0 saturated carbocycles. The Hall–Kier alpha value is -0.0425. The molecule has 0 aromatic heterocycles. The summed E-state index contributed by atoms with van der Waals surface area (Å²) in [5, 5.41) is 0. The Balaban J connectivity index is 5.11. The number of allylic oxidation sites excluding steroid dienone is 1. The summed E-state index contributed by atoms with van der Waals surface area (Å²) in [6, 6.07) is 0.785. The topological polar surface area (TPSA) is 54.0 Å². The minimum Gasteiger partial charge on any atom is -0.463 e. The fourth-order valence-electron chi connectivity index (χ4n) is 2.42. The second-order valence-corrected chi connectivity index (χ2v) is 26.4. The molecule has 0 fully saturated rings. The van der Waals surface area contributed by atoms with Gasteiger partial charge in [-0.1, -0.05) is 6.08 Å². The molecule has 0 rings (SSSR count). The van der Waals surface area contributed by atoms with Gasteiger partial charge in [0.2, 0.25) is 0 Å². The van der Waals surface area contributed by atoms with E-state index in [1.165, 1.54) is 6.08 Å². The molecule has 0 aromatic rings. The van der Waals surface area contributed by atoms with Crippen LogP contribution in [0.2, 0.25) is 65.0 Å². The minimum atomic E-state index is -2.76. The molecule has 0 amide bonds. The van der Waals surface area contributed by atoms with Gasteiger partial charge >= 0.3 is 14.8 Å². The summed E-state index contributed by atoms with van der Waals surface area (Å²) in [7, 11) is -8.25. The number of unbranched alkanes of at least 4 members (excludes halogenated alkanes) is 1. The fraction of sp³-hybridized carbons (Fsp3) is 0.824. The summed E-state index contributed by atoms with van der Waals surface area (Å²) in [6.45, 7) is 21.9. The molecular formula is C17H40O5Si4. The highest BCUT2D eigenvalue weighted by molar-refractivity contribution is 6.90. The molecule has 26 heavy (non-hydrogen) atoms. The number of carbonyl (C=O) groups excluding carboxylic acids is 1. The quantitative estimate of drug-likeness (QED) is 0.178. The number of esters is 1. The van der Waals surface area contributed by atoms with Gasteiger partial charge in [-0.2, -0.15) is 0 Å². The first-order valence-electron chi connectivity index (χ1n) is 9.47. The van der Waals surface area contributed by atoms with Crippen LogP contribution in [0.5, 0.6) is 0 Å². The molecule has 0 atom stereocenters. The highest BCUT2D eigenvalue weighted by Gasteiger charge is 2.49. The van der Waals surface area contributed by atoms with Gasteiger partial charge in [0.25, 0.3) is 0 Å². The molecule has 0 aliphatic rings. The highest BCUT2D eigenvalue weighted by atomic mass is 28.5. The lowest BCUT2D eigenvalue weighted by molar-refractivity contribution is -0.137. The van der Waals surface area contributed by atoms with Gasteiger partial charge in [0.05, 0.1) is 6.61 Å². The molecule has 0 aliphatic carbocycles. The summed E-state index contributed by atoms with van der Waals surface area (Å²) in [5.41, 5.74) is 0. The van der Waals surface area contributed by atoms with Gasteiger partial charge in [0.1, 0.15) is 0 Å². The van der Waals surface area contributed by atoms with Gasteiger partial charge in [0.15, 0.2) is 25.0 Å². The SMILES string of the molecule is CC=CC(=O)OCCCC[Si](O[Si](C)(C)C)(O[Si](C)(C)C)O[Si](C)(C)C. The molecule has 0 N–H and O–H groups in total. The third-order valence-corrected chi connectivity index (χ3v) is 14.9. The number of hydrogen-bond acceptors (Lipinski definition) is 5. The molecule has 0 aromatic carbocycles. The zero-order chi connectivity index (χ0) is 20.6. The predicted molar refractivity (Wildman–Crippen MR) is 119 cm³/mol. The Bertz CT molecular complexity index is 420. The first-order chi connectivity index (χ1) is 11.6. The smallest absolute Gasteiger partial charge is 0.463 e. The standard InChI is InChI=1S/C17H40O5Si4/c1-11-14-17(18)19-15-12-13-16-26(20-23(2,3)4,21-24(5,6)7)22-25(8,9)10/h11,14H,12-13,15-16H2,1-10H3. The van der Waals surface area contributed by atoms with Crippen molar-refractivity contribution >= 4 is 39.7 Å². The maximum Gasteiger partial charge on any atom is 0.469 e. The molecular weight excluding hydrogens is 397 g/mol. The van der Waals surface area contributed by atoms with E-state index in [1.54, 1.807) is 13.0 Å². The minimum absolute atomic E-state index is 0.286. The summed E-state index contributed by atoms with van der Waals surface area (Å²) < 4.78 is 25.1. The van der Waals surface area contributed by atoms with Crippen molar-refractivity contribution < 1.29 is 21.9 Å². The molecule has 0 bridgehead atoms. The molecule has 0 aliphatic heterocycles. The van der Waals surface area contributed by atoms with Crippen molar-refractivity contribution in [2.75, 3.05) is 6.61 Å². The normalized spacial score (nSPS) is 14.1. The highest BCUT2D eigenvalue weighted by Crippen LogP contribution is 2.30. The van der Waals surface area contributed by atoms with Crippen LogP contribution in [-0.4, -0.2) is 46.3 Å². The zero-order valence-electron chi connectivity index (χ0n) is 18.5. The van der Waals surface area contributed by atoms with Crippen molar-refractivity contribution in [3.63, 3.8) is 0 Å². The van der Waals surface area contributed by atoms with E-state index in [0.717, 1.165) is 18.9 Å². The van der Waals surface area contributed by atoms with Crippen LogP contribution in [0.25, 0.3) is 0 Å². The Morgan fingerprint density at radius 3 is 1.54 bits per heavy atom. The van der Waals surface area contributed by atoms with Crippen molar-refractivity contribution in [2.45, 2.75) is 84.7 Å². The zero-order valence-corrected chi connectivity index (χ0v) is 22.5. The average Bonchev–Trinajstić information content (AvgIpc) is 2.31. The Labute approximate surface area is 165 Å². The van der Waals surface area contributed by atoms with E-state index in [1.807, 2.05) is 0 Å². The Kier molecular flexibility index (Phi) is 10.5. The molecule has 9 heteroatoms. The maximum atomic E-state index is 11.4. The number of ether oxygens (including phenoxy) is 1. The second kappa shape index (κ2) is 10.5. The van der Waals surface area contributed by atoms with Crippen LogP contribution in [0.1, 0.15) is 19.8 Å². The van der Waals surface area contributed by atoms with Crippen LogP contribution < -0.4 is 0 Å². The van der Waals surface area contributed by atoms with E-state index in [0.29, 0.717) is 6.61 Å². The lowest BCUT2D eigenvalue weighted by atomic mass is 10.3. The van der Waals surface area contributed by atoms with Crippen molar-refractivity contribution in [2.24, 2.45) is 0 Å². The third kappa shape index (κ3) is 14.1. The van der Waals surface area contributed by atoms with Gasteiger partial charge in [-0.05, 0) is 78.7 Å². The molecule has 154 valence electrons. The van der Waals surface area contributed by atoms with Gasteiger partial charge in [-0.25, -0.2) is 4.79 Å². The molecule has 0 heterocycles. The predicted octanol–water partition coefficient (Wildman–Crippen LogP) is 5.38. The lowest BCUT2D eigenvalue weighted by Crippen LogP contribution is -2.60. The summed E-state index contributed by atoms with van der Waals surface area (Å²) in [5.74, 6) is -0.286. The average molecular weight is 437 g/mol. The molecule has 0 spiro atoms. The van der Waals surface area contributed by atoms with Crippen molar-refractivity contribution in [1.29, 1.82) is 0 Å². The Morgan fingerprint density at radius 1 is 0.769 bits per heavy atom. The first-order valence-corrected chi connectivity index (χ1v) is 21.6. The van der Waals surface area contributed by atoms with Gasteiger partial charge < -0.3 is 17.1 Å². The largest absolute Gasteiger partial charge is 0.469 e. The monoisotopic (exact) mass is 436 g/mol. The Morgan fingerprint density at radius 2 is 1.19 bits per heavy atom. The van der Waals surface area contributed by atoms with E-state index in [4.69, 9.17) is 17.1 Å². The first kappa shape index (κ1) is 26.0. The number of hydrogen-bond donors (Lipinski definition) is 0.